The normalized spacial score (nSPS) is 10.1. The fourth-order valence-corrected chi connectivity index (χ4v) is 2.53. The van der Waals surface area contributed by atoms with E-state index in [9.17, 15) is 14.4 Å². The molecule has 6 heteroatoms. The highest BCUT2D eigenvalue weighted by molar-refractivity contribution is 6.06. The van der Waals surface area contributed by atoms with Crippen LogP contribution < -0.4 is 10.6 Å². The maximum absolute atomic E-state index is 12.5. The highest BCUT2D eigenvalue weighted by Crippen LogP contribution is 2.14. The van der Waals surface area contributed by atoms with Gasteiger partial charge >= 0.3 is 5.97 Å². The molecule has 27 heavy (non-hydrogen) atoms. The fraction of sp³-hybridized carbons (Fsp3) is 0.286. The van der Waals surface area contributed by atoms with Gasteiger partial charge in [0.15, 0.2) is 0 Å². The van der Waals surface area contributed by atoms with E-state index in [0.29, 0.717) is 28.9 Å². The van der Waals surface area contributed by atoms with E-state index < -0.39 is 5.97 Å². The van der Waals surface area contributed by atoms with Crippen LogP contribution in [0, 0.1) is 0 Å². The summed E-state index contributed by atoms with van der Waals surface area (Å²) in [6.07, 6.45) is 3.08. The van der Waals surface area contributed by atoms with Crippen LogP contribution in [0.25, 0.3) is 0 Å². The average molecular weight is 368 g/mol. The Morgan fingerprint density at radius 1 is 0.889 bits per heavy atom. The van der Waals surface area contributed by atoms with Crippen LogP contribution in [0.1, 0.15) is 57.3 Å². The third kappa shape index (κ3) is 5.95. The van der Waals surface area contributed by atoms with Gasteiger partial charge in [0.2, 0.25) is 0 Å². The Morgan fingerprint density at radius 2 is 1.56 bits per heavy atom. The highest BCUT2D eigenvalue weighted by Gasteiger charge is 2.12. The highest BCUT2D eigenvalue weighted by atomic mass is 16.5. The molecule has 0 fully saturated rings. The van der Waals surface area contributed by atoms with Gasteiger partial charge in [-0.1, -0.05) is 31.9 Å². The van der Waals surface area contributed by atoms with Crippen LogP contribution in [0.4, 0.5) is 5.69 Å². The van der Waals surface area contributed by atoms with Crippen molar-refractivity contribution >= 4 is 23.5 Å². The summed E-state index contributed by atoms with van der Waals surface area (Å²) in [6, 6.07) is 13.0. The molecule has 0 radical (unpaired) electrons. The van der Waals surface area contributed by atoms with Gasteiger partial charge in [-0.05, 0) is 42.8 Å². The van der Waals surface area contributed by atoms with E-state index in [4.69, 9.17) is 0 Å². The fourth-order valence-electron chi connectivity index (χ4n) is 2.53. The van der Waals surface area contributed by atoms with Crippen LogP contribution in [-0.4, -0.2) is 31.4 Å². The van der Waals surface area contributed by atoms with Gasteiger partial charge in [-0.2, -0.15) is 0 Å². The van der Waals surface area contributed by atoms with Crippen LogP contribution in [0.3, 0.4) is 0 Å². The SMILES string of the molecule is CCCCCNC(=O)c1cccc(C(=O)Nc2cccc(C(=O)OC)c2)c1. The number of carbonyl (C=O) groups is 3. The lowest BCUT2D eigenvalue weighted by Crippen LogP contribution is -2.24. The van der Waals surface area contributed by atoms with Crippen LogP contribution in [0.2, 0.25) is 0 Å². The lowest BCUT2D eigenvalue weighted by atomic mass is 10.1. The molecule has 0 aliphatic rings. The van der Waals surface area contributed by atoms with Crippen molar-refractivity contribution < 1.29 is 19.1 Å². The zero-order chi connectivity index (χ0) is 19.6. The molecule has 0 spiro atoms. The van der Waals surface area contributed by atoms with Crippen molar-refractivity contribution in [2.45, 2.75) is 26.2 Å². The van der Waals surface area contributed by atoms with Crippen LogP contribution >= 0.6 is 0 Å². The predicted octanol–water partition coefficient (Wildman–Crippen LogP) is 3.65. The largest absolute Gasteiger partial charge is 0.465 e. The number of unbranched alkanes of at least 4 members (excludes halogenated alkanes) is 2. The summed E-state index contributed by atoms with van der Waals surface area (Å²) in [5.74, 6) is -1.04. The van der Waals surface area contributed by atoms with Crippen LogP contribution in [0.5, 0.6) is 0 Å². The van der Waals surface area contributed by atoms with Crippen molar-refractivity contribution in [3.63, 3.8) is 0 Å². The summed E-state index contributed by atoms with van der Waals surface area (Å²) < 4.78 is 4.67. The molecule has 2 rings (SSSR count). The van der Waals surface area contributed by atoms with Gasteiger partial charge in [0.05, 0.1) is 12.7 Å². The minimum absolute atomic E-state index is 0.201. The molecule has 2 amide bonds. The third-order valence-electron chi connectivity index (χ3n) is 3.99. The molecule has 0 heterocycles. The number of benzene rings is 2. The molecule has 0 atom stereocenters. The Labute approximate surface area is 158 Å². The molecular formula is C21H24N2O4. The van der Waals surface area contributed by atoms with E-state index >= 15 is 0 Å². The molecule has 0 aliphatic heterocycles. The number of hydrogen-bond acceptors (Lipinski definition) is 4. The van der Waals surface area contributed by atoms with Crippen molar-refractivity contribution in [2.24, 2.45) is 0 Å². The van der Waals surface area contributed by atoms with Gasteiger partial charge < -0.3 is 15.4 Å². The van der Waals surface area contributed by atoms with E-state index in [1.165, 1.54) is 13.2 Å². The molecule has 142 valence electrons. The lowest BCUT2D eigenvalue weighted by Gasteiger charge is -2.09. The predicted molar refractivity (Wildman–Crippen MR) is 104 cm³/mol. The number of amides is 2. The smallest absolute Gasteiger partial charge is 0.337 e. The number of nitrogens with one attached hydrogen (secondary N) is 2. The van der Waals surface area contributed by atoms with Gasteiger partial charge in [0.25, 0.3) is 11.8 Å². The van der Waals surface area contributed by atoms with E-state index in [-0.39, 0.29) is 11.8 Å². The molecule has 2 N–H and O–H groups in total. The van der Waals surface area contributed by atoms with Crippen molar-refractivity contribution in [3.8, 4) is 0 Å². The monoisotopic (exact) mass is 368 g/mol. The number of ether oxygens (including phenoxy) is 1. The molecule has 2 aromatic carbocycles. The number of carbonyl (C=O) groups excluding carboxylic acids is 3. The number of anilines is 1. The Kier molecular flexibility index (Phi) is 7.55. The standard InChI is InChI=1S/C21H24N2O4/c1-3-4-5-12-22-19(24)15-8-6-9-16(13-15)20(25)23-18-11-7-10-17(14-18)21(26)27-2/h6-11,13-14H,3-5,12H2,1-2H3,(H,22,24)(H,23,25). The van der Waals surface area contributed by atoms with E-state index in [1.807, 2.05) is 0 Å². The minimum atomic E-state index is -0.479. The van der Waals surface area contributed by atoms with Crippen molar-refractivity contribution in [1.82, 2.24) is 5.32 Å². The Bertz CT molecular complexity index is 817. The van der Waals surface area contributed by atoms with Gasteiger partial charge in [0, 0.05) is 23.4 Å². The summed E-state index contributed by atoms with van der Waals surface area (Å²) >= 11 is 0. The van der Waals surface area contributed by atoms with Crippen LogP contribution in [0.15, 0.2) is 48.5 Å². The second-order valence-corrected chi connectivity index (χ2v) is 6.07. The first-order valence-corrected chi connectivity index (χ1v) is 8.93. The van der Waals surface area contributed by atoms with Crippen LogP contribution in [-0.2, 0) is 4.74 Å². The molecular weight excluding hydrogens is 344 g/mol. The third-order valence-corrected chi connectivity index (χ3v) is 3.99. The summed E-state index contributed by atoms with van der Waals surface area (Å²) in [5.41, 5.74) is 1.61. The van der Waals surface area contributed by atoms with Gasteiger partial charge in [-0.25, -0.2) is 4.79 Å². The first kappa shape index (κ1) is 20.2. The first-order chi connectivity index (χ1) is 13.0. The average Bonchev–Trinajstić information content (AvgIpc) is 2.70. The minimum Gasteiger partial charge on any atom is -0.465 e. The first-order valence-electron chi connectivity index (χ1n) is 8.93. The van der Waals surface area contributed by atoms with Gasteiger partial charge in [-0.3, -0.25) is 9.59 Å². The van der Waals surface area contributed by atoms with Crippen molar-refractivity contribution in [3.05, 3.63) is 65.2 Å². The second kappa shape index (κ2) is 10.1. The Hall–Kier alpha value is -3.15. The number of rotatable bonds is 8. The molecule has 0 unspecified atom stereocenters. The Morgan fingerprint density at radius 3 is 2.26 bits per heavy atom. The topological polar surface area (TPSA) is 84.5 Å². The van der Waals surface area contributed by atoms with Gasteiger partial charge in [-0.15, -0.1) is 0 Å². The van der Waals surface area contributed by atoms with E-state index in [2.05, 4.69) is 22.3 Å². The number of hydrogen-bond donors (Lipinski definition) is 2. The lowest BCUT2D eigenvalue weighted by molar-refractivity contribution is 0.0600. The van der Waals surface area contributed by atoms with E-state index in [1.54, 1.807) is 42.5 Å². The Balaban J connectivity index is 2.05. The maximum Gasteiger partial charge on any atom is 0.337 e. The molecule has 2 aromatic rings. The van der Waals surface area contributed by atoms with E-state index in [0.717, 1.165) is 19.3 Å². The zero-order valence-electron chi connectivity index (χ0n) is 15.6. The molecule has 0 bridgehead atoms. The van der Waals surface area contributed by atoms with Gasteiger partial charge in [0.1, 0.15) is 0 Å². The summed E-state index contributed by atoms with van der Waals surface area (Å²) in [6.45, 7) is 2.72. The maximum atomic E-state index is 12.5. The number of methoxy groups -OCH3 is 1. The quantitative estimate of drug-likeness (QED) is 0.550. The summed E-state index contributed by atoms with van der Waals surface area (Å²) in [5, 5.41) is 5.58. The van der Waals surface area contributed by atoms with Crippen molar-refractivity contribution in [1.29, 1.82) is 0 Å². The molecule has 0 aliphatic carbocycles. The second-order valence-electron chi connectivity index (χ2n) is 6.07. The summed E-state index contributed by atoms with van der Waals surface area (Å²) in [7, 11) is 1.30. The molecule has 6 nitrogen and oxygen atoms in total. The number of esters is 1. The molecule has 0 saturated carbocycles. The molecule has 0 aromatic heterocycles. The summed E-state index contributed by atoms with van der Waals surface area (Å²) in [4.78, 5) is 36.3. The molecule has 0 saturated heterocycles. The zero-order valence-corrected chi connectivity index (χ0v) is 15.6. The van der Waals surface area contributed by atoms with Crippen molar-refractivity contribution in [2.75, 3.05) is 19.0 Å².